The molecule has 0 bridgehead atoms. The zero-order valence-electron chi connectivity index (χ0n) is 10.8. The Labute approximate surface area is 99.3 Å². The molecule has 0 amide bonds. The van der Waals surface area contributed by atoms with Gasteiger partial charge in [-0.15, -0.1) is 0 Å². The van der Waals surface area contributed by atoms with E-state index in [1.54, 1.807) is 0 Å². The monoisotopic (exact) mass is 217 g/mol. The predicted octanol–water partition coefficient (Wildman–Crippen LogP) is 3.73. The van der Waals surface area contributed by atoms with Crippen molar-refractivity contribution in [2.45, 2.75) is 58.5 Å². The second-order valence-electron chi connectivity index (χ2n) is 5.34. The Morgan fingerprint density at radius 3 is 2.19 bits per heavy atom. The molecule has 0 heterocycles. The molecule has 1 aliphatic carbocycles. The molecule has 1 saturated carbocycles. The first-order valence-electron chi connectivity index (χ1n) is 6.46. The molecule has 0 spiro atoms. The van der Waals surface area contributed by atoms with Crippen molar-refractivity contribution in [1.29, 1.82) is 0 Å². The van der Waals surface area contributed by atoms with Gasteiger partial charge in [0.05, 0.1) is 0 Å². The van der Waals surface area contributed by atoms with Gasteiger partial charge in [0.2, 0.25) is 0 Å². The summed E-state index contributed by atoms with van der Waals surface area (Å²) in [5.41, 5.74) is 4.63. The van der Waals surface area contributed by atoms with Gasteiger partial charge in [0.25, 0.3) is 0 Å². The summed E-state index contributed by atoms with van der Waals surface area (Å²) in [5.74, 6) is 0. The Morgan fingerprint density at radius 1 is 1.12 bits per heavy atom. The van der Waals surface area contributed by atoms with Crippen molar-refractivity contribution in [3.8, 4) is 0 Å². The smallest absolute Gasteiger partial charge is 0.0210 e. The fourth-order valence-corrected chi connectivity index (χ4v) is 2.72. The van der Waals surface area contributed by atoms with Gasteiger partial charge in [0, 0.05) is 12.1 Å². The number of benzene rings is 1. The average molecular weight is 217 g/mol. The molecule has 1 aliphatic rings. The van der Waals surface area contributed by atoms with Crippen LogP contribution in [-0.4, -0.2) is 5.54 Å². The molecule has 0 atom stereocenters. The number of nitrogens with one attached hydrogen (secondary N) is 1. The Balaban J connectivity index is 1.98. The zero-order chi connectivity index (χ0) is 11.6. The summed E-state index contributed by atoms with van der Waals surface area (Å²) in [4.78, 5) is 0. The molecule has 1 fully saturated rings. The van der Waals surface area contributed by atoms with Crippen LogP contribution in [0.25, 0.3) is 0 Å². The highest BCUT2D eigenvalue weighted by Crippen LogP contribution is 2.34. The third kappa shape index (κ3) is 2.46. The second-order valence-corrected chi connectivity index (χ2v) is 5.34. The first kappa shape index (κ1) is 11.7. The van der Waals surface area contributed by atoms with Crippen molar-refractivity contribution in [3.63, 3.8) is 0 Å². The van der Waals surface area contributed by atoms with Crippen LogP contribution in [0.2, 0.25) is 0 Å². The first-order valence-corrected chi connectivity index (χ1v) is 6.46. The minimum atomic E-state index is 0.456. The van der Waals surface area contributed by atoms with E-state index in [1.165, 1.54) is 42.4 Å². The summed E-state index contributed by atoms with van der Waals surface area (Å²) < 4.78 is 0. The molecule has 1 heteroatoms. The summed E-state index contributed by atoms with van der Waals surface area (Å²) in [7, 11) is 0. The van der Waals surface area contributed by atoms with Crippen LogP contribution in [0, 0.1) is 13.8 Å². The number of aryl methyl sites for hydroxylation is 2. The Hall–Kier alpha value is -0.820. The van der Waals surface area contributed by atoms with E-state index in [2.05, 4.69) is 44.3 Å². The van der Waals surface area contributed by atoms with E-state index in [0.717, 1.165) is 6.54 Å². The lowest BCUT2D eigenvalue weighted by molar-refractivity contribution is 0.175. The molecule has 1 nitrogen and oxygen atoms in total. The van der Waals surface area contributed by atoms with Gasteiger partial charge in [-0.05, 0) is 45.1 Å². The van der Waals surface area contributed by atoms with E-state index in [4.69, 9.17) is 0 Å². The van der Waals surface area contributed by atoms with Crippen molar-refractivity contribution in [3.05, 3.63) is 34.9 Å². The third-order valence-corrected chi connectivity index (χ3v) is 3.94. The van der Waals surface area contributed by atoms with Gasteiger partial charge in [0.15, 0.2) is 0 Å². The van der Waals surface area contributed by atoms with Crippen LogP contribution >= 0.6 is 0 Å². The highest BCUT2D eigenvalue weighted by Gasteiger charge is 2.34. The van der Waals surface area contributed by atoms with Crippen molar-refractivity contribution >= 4 is 0 Å². The molecule has 2 rings (SSSR count). The van der Waals surface area contributed by atoms with Gasteiger partial charge in [-0.25, -0.2) is 0 Å². The van der Waals surface area contributed by atoms with Gasteiger partial charge in [-0.1, -0.05) is 36.2 Å². The lowest BCUT2D eigenvalue weighted by Gasteiger charge is -2.42. The summed E-state index contributed by atoms with van der Waals surface area (Å²) >= 11 is 0. The van der Waals surface area contributed by atoms with Crippen molar-refractivity contribution in [1.82, 2.24) is 5.32 Å². The number of hydrogen-bond donors (Lipinski definition) is 1. The topological polar surface area (TPSA) is 12.0 Å². The average Bonchev–Trinajstić information content (AvgIpc) is 2.15. The molecule has 0 aromatic heterocycles. The normalized spacial score (nSPS) is 18.2. The molecule has 16 heavy (non-hydrogen) atoms. The standard InChI is InChI=1S/C15H23N/c1-4-15(6-5-7-15)16-11-14-9-12(2)8-13(3)10-14/h8-10,16H,4-7,11H2,1-3H3. The fourth-order valence-electron chi connectivity index (χ4n) is 2.72. The summed E-state index contributed by atoms with van der Waals surface area (Å²) in [6, 6.07) is 6.83. The highest BCUT2D eigenvalue weighted by atomic mass is 15.0. The van der Waals surface area contributed by atoms with E-state index in [-0.39, 0.29) is 0 Å². The maximum atomic E-state index is 3.75. The maximum Gasteiger partial charge on any atom is 0.0210 e. The Bertz CT molecular complexity index is 338. The van der Waals surface area contributed by atoms with E-state index < -0.39 is 0 Å². The van der Waals surface area contributed by atoms with Crippen LogP contribution in [0.4, 0.5) is 0 Å². The van der Waals surface area contributed by atoms with Crippen LogP contribution in [0.15, 0.2) is 18.2 Å². The van der Waals surface area contributed by atoms with E-state index in [0.29, 0.717) is 5.54 Å². The van der Waals surface area contributed by atoms with Crippen LogP contribution < -0.4 is 5.32 Å². The molecular weight excluding hydrogens is 194 g/mol. The van der Waals surface area contributed by atoms with Crippen molar-refractivity contribution in [2.24, 2.45) is 0 Å². The van der Waals surface area contributed by atoms with Gasteiger partial charge < -0.3 is 5.32 Å². The maximum absolute atomic E-state index is 3.75. The minimum absolute atomic E-state index is 0.456. The van der Waals surface area contributed by atoms with Crippen LogP contribution in [0.1, 0.15) is 49.3 Å². The number of hydrogen-bond acceptors (Lipinski definition) is 1. The molecule has 88 valence electrons. The molecule has 1 N–H and O–H groups in total. The van der Waals surface area contributed by atoms with E-state index >= 15 is 0 Å². The lowest BCUT2D eigenvalue weighted by Crippen LogP contribution is -2.49. The van der Waals surface area contributed by atoms with Gasteiger partial charge in [-0.2, -0.15) is 0 Å². The molecule has 1 aromatic rings. The summed E-state index contributed by atoms with van der Waals surface area (Å²) in [6.45, 7) is 7.68. The van der Waals surface area contributed by atoms with E-state index in [9.17, 15) is 0 Å². The largest absolute Gasteiger partial charge is 0.307 e. The summed E-state index contributed by atoms with van der Waals surface area (Å²) in [5, 5.41) is 3.75. The SMILES string of the molecule is CCC1(NCc2cc(C)cc(C)c2)CCC1. The van der Waals surface area contributed by atoms with Gasteiger partial charge in [0.1, 0.15) is 0 Å². The molecule has 0 saturated heterocycles. The van der Waals surface area contributed by atoms with Gasteiger partial charge >= 0.3 is 0 Å². The fraction of sp³-hybridized carbons (Fsp3) is 0.600. The van der Waals surface area contributed by atoms with E-state index in [1.807, 2.05) is 0 Å². The van der Waals surface area contributed by atoms with Crippen LogP contribution in [0.3, 0.4) is 0 Å². The third-order valence-electron chi connectivity index (χ3n) is 3.94. The molecular formula is C15H23N. The first-order chi connectivity index (χ1) is 7.63. The quantitative estimate of drug-likeness (QED) is 0.810. The van der Waals surface area contributed by atoms with Crippen LogP contribution in [0.5, 0.6) is 0 Å². The molecule has 1 aromatic carbocycles. The minimum Gasteiger partial charge on any atom is -0.307 e. The number of rotatable bonds is 4. The Morgan fingerprint density at radius 2 is 1.75 bits per heavy atom. The van der Waals surface area contributed by atoms with Crippen molar-refractivity contribution in [2.75, 3.05) is 0 Å². The van der Waals surface area contributed by atoms with Crippen LogP contribution in [-0.2, 0) is 6.54 Å². The van der Waals surface area contributed by atoms with Gasteiger partial charge in [-0.3, -0.25) is 0 Å². The molecule has 0 unspecified atom stereocenters. The highest BCUT2D eigenvalue weighted by molar-refractivity contribution is 5.28. The Kier molecular flexibility index (Phi) is 3.34. The summed E-state index contributed by atoms with van der Waals surface area (Å²) in [6.07, 6.45) is 5.37. The predicted molar refractivity (Wildman–Crippen MR) is 69.6 cm³/mol. The van der Waals surface area contributed by atoms with Crippen molar-refractivity contribution < 1.29 is 0 Å². The zero-order valence-corrected chi connectivity index (χ0v) is 10.8. The lowest BCUT2D eigenvalue weighted by atomic mass is 9.75. The molecule has 0 aliphatic heterocycles. The second kappa shape index (κ2) is 4.58. The molecule has 0 radical (unpaired) electrons.